The van der Waals surface area contributed by atoms with Crippen molar-refractivity contribution in [2.24, 2.45) is 5.10 Å². The van der Waals surface area contributed by atoms with Crippen LogP contribution in [0.3, 0.4) is 0 Å². The highest BCUT2D eigenvalue weighted by molar-refractivity contribution is 6.30. The number of fused-ring (bicyclic) bond motifs is 1. The van der Waals surface area contributed by atoms with E-state index in [1.54, 1.807) is 43.7 Å². The summed E-state index contributed by atoms with van der Waals surface area (Å²) >= 11 is 5.92. The molecule has 0 bridgehead atoms. The third-order valence-corrected chi connectivity index (χ3v) is 5.15. The van der Waals surface area contributed by atoms with E-state index in [0.717, 1.165) is 16.5 Å². The third kappa shape index (κ3) is 5.07. The monoisotopic (exact) mass is 444 g/mol. The van der Waals surface area contributed by atoms with E-state index in [4.69, 9.17) is 21.1 Å². The molecular weight excluding hydrogens is 424 g/mol. The van der Waals surface area contributed by atoms with Gasteiger partial charge in [-0.3, -0.25) is 4.79 Å². The minimum absolute atomic E-state index is 0.342. The Balaban J connectivity index is 1.43. The van der Waals surface area contributed by atoms with Crippen LogP contribution >= 0.6 is 11.6 Å². The Morgan fingerprint density at radius 3 is 2.62 bits per heavy atom. The van der Waals surface area contributed by atoms with Crippen LogP contribution in [0.5, 0.6) is 11.5 Å². The SMILES string of the molecule is COc1cc(/C=N\NC(=O)c2cccc(Cl)c2)ccc1OCc1cccc2ccccc12. The summed E-state index contributed by atoms with van der Waals surface area (Å²) in [5.41, 5.74) is 4.78. The van der Waals surface area contributed by atoms with E-state index in [2.05, 4.69) is 34.8 Å². The molecule has 4 rings (SSSR count). The number of hydrogen-bond acceptors (Lipinski definition) is 4. The third-order valence-electron chi connectivity index (χ3n) is 4.92. The first-order valence-electron chi connectivity index (χ1n) is 10.0. The van der Waals surface area contributed by atoms with Gasteiger partial charge in [0.05, 0.1) is 13.3 Å². The molecule has 6 heteroatoms. The highest BCUT2D eigenvalue weighted by atomic mass is 35.5. The molecule has 0 unspecified atom stereocenters. The minimum Gasteiger partial charge on any atom is -0.493 e. The number of ether oxygens (including phenoxy) is 2. The quantitative estimate of drug-likeness (QED) is 0.287. The summed E-state index contributed by atoms with van der Waals surface area (Å²) in [5.74, 6) is 0.863. The maximum Gasteiger partial charge on any atom is 0.271 e. The molecule has 32 heavy (non-hydrogen) atoms. The predicted octanol–water partition coefficient (Wildman–Crippen LogP) is 5.84. The number of benzene rings is 4. The van der Waals surface area contributed by atoms with E-state index in [0.29, 0.717) is 28.7 Å². The molecule has 0 aliphatic rings. The summed E-state index contributed by atoms with van der Waals surface area (Å²) in [6, 6.07) is 26.5. The van der Waals surface area contributed by atoms with E-state index in [9.17, 15) is 4.79 Å². The lowest BCUT2D eigenvalue weighted by Gasteiger charge is -2.12. The number of amides is 1. The van der Waals surface area contributed by atoms with Gasteiger partial charge in [-0.05, 0) is 58.3 Å². The summed E-state index contributed by atoms with van der Waals surface area (Å²) in [6.07, 6.45) is 1.54. The van der Waals surface area contributed by atoms with Gasteiger partial charge in [0.1, 0.15) is 6.61 Å². The van der Waals surface area contributed by atoms with E-state index >= 15 is 0 Å². The lowest BCUT2D eigenvalue weighted by molar-refractivity contribution is 0.0955. The molecule has 0 spiro atoms. The molecule has 0 aliphatic heterocycles. The fourth-order valence-electron chi connectivity index (χ4n) is 3.32. The number of nitrogens with one attached hydrogen (secondary N) is 1. The van der Waals surface area contributed by atoms with Crippen LogP contribution < -0.4 is 14.9 Å². The molecule has 0 atom stereocenters. The second-order valence-corrected chi connectivity index (χ2v) is 7.48. The Hall–Kier alpha value is -3.83. The Morgan fingerprint density at radius 1 is 0.969 bits per heavy atom. The van der Waals surface area contributed by atoms with E-state index in [1.165, 1.54) is 5.39 Å². The number of carbonyl (C=O) groups excluding carboxylic acids is 1. The van der Waals surface area contributed by atoms with Crippen molar-refractivity contribution in [3.8, 4) is 11.5 Å². The molecule has 5 nitrogen and oxygen atoms in total. The van der Waals surface area contributed by atoms with Gasteiger partial charge in [0.15, 0.2) is 11.5 Å². The smallest absolute Gasteiger partial charge is 0.271 e. The molecule has 0 fully saturated rings. The van der Waals surface area contributed by atoms with Crippen LogP contribution in [0.1, 0.15) is 21.5 Å². The van der Waals surface area contributed by atoms with E-state index in [-0.39, 0.29) is 5.91 Å². The minimum atomic E-state index is -0.342. The Labute approximate surface area is 191 Å². The van der Waals surface area contributed by atoms with Crippen LogP contribution in [0.25, 0.3) is 10.8 Å². The first-order valence-corrected chi connectivity index (χ1v) is 10.4. The predicted molar refractivity (Wildman–Crippen MR) is 128 cm³/mol. The number of methoxy groups -OCH3 is 1. The second kappa shape index (κ2) is 9.98. The molecule has 4 aromatic carbocycles. The highest BCUT2D eigenvalue weighted by Gasteiger charge is 2.08. The molecule has 0 aliphatic carbocycles. The second-order valence-electron chi connectivity index (χ2n) is 7.05. The van der Waals surface area contributed by atoms with Crippen LogP contribution in [-0.4, -0.2) is 19.2 Å². The zero-order chi connectivity index (χ0) is 22.3. The molecule has 1 amide bonds. The van der Waals surface area contributed by atoms with Crippen LogP contribution in [-0.2, 0) is 6.61 Å². The number of halogens is 1. The van der Waals surface area contributed by atoms with Crippen molar-refractivity contribution >= 4 is 34.5 Å². The van der Waals surface area contributed by atoms with Crippen molar-refractivity contribution in [2.75, 3.05) is 7.11 Å². The maximum absolute atomic E-state index is 12.1. The maximum atomic E-state index is 12.1. The van der Waals surface area contributed by atoms with Crippen molar-refractivity contribution in [2.45, 2.75) is 6.61 Å². The fraction of sp³-hybridized carbons (Fsp3) is 0.0769. The van der Waals surface area contributed by atoms with Gasteiger partial charge >= 0.3 is 0 Å². The van der Waals surface area contributed by atoms with Gasteiger partial charge in [-0.15, -0.1) is 0 Å². The van der Waals surface area contributed by atoms with Gasteiger partial charge in [0, 0.05) is 10.6 Å². The molecule has 0 heterocycles. The summed E-state index contributed by atoms with van der Waals surface area (Å²) in [5, 5.41) is 6.84. The average Bonchev–Trinajstić information content (AvgIpc) is 2.83. The lowest BCUT2D eigenvalue weighted by atomic mass is 10.1. The lowest BCUT2D eigenvalue weighted by Crippen LogP contribution is -2.17. The van der Waals surface area contributed by atoms with Crippen molar-refractivity contribution < 1.29 is 14.3 Å². The van der Waals surface area contributed by atoms with Crippen molar-refractivity contribution in [1.82, 2.24) is 5.43 Å². The zero-order valence-corrected chi connectivity index (χ0v) is 18.2. The van der Waals surface area contributed by atoms with E-state index < -0.39 is 0 Å². The summed E-state index contributed by atoms with van der Waals surface area (Å²) in [7, 11) is 1.59. The molecule has 160 valence electrons. The van der Waals surface area contributed by atoms with E-state index in [1.807, 2.05) is 30.3 Å². The molecule has 0 aromatic heterocycles. The molecule has 0 saturated heterocycles. The Morgan fingerprint density at radius 2 is 1.78 bits per heavy atom. The number of carbonyl (C=O) groups is 1. The topological polar surface area (TPSA) is 59.9 Å². The van der Waals surface area contributed by atoms with Crippen molar-refractivity contribution in [1.29, 1.82) is 0 Å². The van der Waals surface area contributed by atoms with Gasteiger partial charge < -0.3 is 9.47 Å². The standard InChI is InChI=1S/C26H21ClN2O3/c1-31-25-14-18(16-28-29-26(30)20-8-5-10-22(27)15-20)12-13-24(25)32-17-21-9-4-7-19-6-2-3-11-23(19)21/h2-16H,17H2,1H3,(H,29,30)/b28-16-. The van der Waals surface area contributed by atoms with Crippen LogP contribution in [0.15, 0.2) is 90.0 Å². The van der Waals surface area contributed by atoms with Gasteiger partial charge in [0.25, 0.3) is 5.91 Å². The Kier molecular flexibility index (Phi) is 6.68. The van der Waals surface area contributed by atoms with Crippen LogP contribution in [0.4, 0.5) is 0 Å². The molecule has 0 saturated carbocycles. The first kappa shape index (κ1) is 21.4. The van der Waals surface area contributed by atoms with Crippen LogP contribution in [0.2, 0.25) is 5.02 Å². The van der Waals surface area contributed by atoms with Gasteiger partial charge in [-0.2, -0.15) is 5.10 Å². The highest BCUT2D eigenvalue weighted by Crippen LogP contribution is 2.29. The molecule has 4 aromatic rings. The first-order chi connectivity index (χ1) is 15.6. The Bertz CT molecular complexity index is 1280. The normalized spacial score (nSPS) is 10.9. The molecular formula is C26H21ClN2O3. The zero-order valence-electron chi connectivity index (χ0n) is 17.4. The molecule has 1 N–H and O–H groups in total. The van der Waals surface area contributed by atoms with Crippen molar-refractivity contribution in [3.63, 3.8) is 0 Å². The van der Waals surface area contributed by atoms with Gasteiger partial charge in [-0.25, -0.2) is 5.43 Å². The summed E-state index contributed by atoms with van der Waals surface area (Å²) in [6.45, 7) is 0.418. The average molecular weight is 445 g/mol. The van der Waals surface area contributed by atoms with Crippen molar-refractivity contribution in [3.05, 3.63) is 107 Å². The summed E-state index contributed by atoms with van der Waals surface area (Å²) < 4.78 is 11.5. The van der Waals surface area contributed by atoms with Gasteiger partial charge in [0.2, 0.25) is 0 Å². The van der Waals surface area contributed by atoms with Gasteiger partial charge in [-0.1, -0.05) is 60.1 Å². The fourth-order valence-corrected chi connectivity index (χ4v) is 3.51. The number of nitrogens with zero attached hydrogens (tertiary/aromatic N) is 1. The van der Waals surface area contributed by atoms with Crippen LogP contribution in [0, 0.1) is 0 Å². The number of hydrogen-bond donors (Lipinski definition) is 1. The summed E-state index contributed by atoms with van der Waals surface area (Å²) in [4.78, 5) is 12.1. The number of hydrazone groups is 1. The molecule has 0 radical (unpaired) electrons. The number of rotatable bonds is 7. The largest absolute Gasteiger partial charge is 0.493 e.